The van der Waals surface area contributed by atoms with Crippen LogP contribution in [0.2, 0.25) is 0 Å². The van der Waals surface area contributed by atoms with Crippen molar-refractivity contribution in [3.05, 3.63) is 56.8 Å². The summed E-state index contributed by atoms with van der Waals surface area (Å²) in [5.41, 5.74) is 4.86. The molecule has 1 aliphatic heterocycles. The molecule has 2 aliphatic carbocycles. The van der Waals surface area contributed by atoms with Crippen LogP contribution in [0.25, 0.3) is 0 Å². The summed E-state index contributed by atoms with van der Waals surface area (Å²) >= 11 is 3.57. The van der Waals surface area contributed by atoms with Crippen LogP contribution in [0.5, 0.6) is 0 Å². The molecule has 3 aliphatic rings. The normalized spacial score (nSPS) is 26.5. The predicted octanol–water partition coefficient (Wildman–Crippen LogP) is 5.42. The summed E-state index contributed by atoms with van der Waals surface area (Å²) in [6, 6.07) is 8.17. The van der Waals surface area contributed by atoms with Gasteiger partial charge in [0.1, 0.15) is 5.78 Å². The van der Waals surface area contributed by atoms with Crippen LogP contribution in [0.3, 0.4) is 0 Å². The number of halogens is 1. The van der Waals surface area contributed by atoms with E-state index in [0.717, 1.165) is 39.0 Å². The van der Waals surface area contributed by atoms with Gasteiger partial charge in [-0.15, -0.1) is 0 Å². The summed E-state index contributed by atoms with van der Waals surface area (Å²) in [6.07, 6.45) is 2.54. The maximum Gasteiger partial charge on any atom is 0.162 e. The third-order valence-corrected chi connectivity index (χ3v) is 6.65. The Balaban J connectivity index is 1.90. The molecule has 0 radical (unpaired) electrons. The number of carbonyl (C=O) groups excluding carboxylic acids is 2. The molecular formula is C23H26BrNO2. The summed E-state index contributed by atoms with van der Waals surface area (Å²) in [6.45, 7) is 8.36. The van der Waals surface area contributed by atoms with E-state index in [2.05, 4.69) is 47.2 Å². The van der Waals surface area contributed by atoms with E-state index in [-0.39, 0.29) is 28.3 Å². The lowest BCUT2D eigenvalue weighted by atomic mass is 9.64. The third-order valence-electron chi connectivity index (χ3n) is 6.15. The van der Waals surface area contributed by atoms with Gasteiger partial charge in [-0.05, 0) is 41.5 Å². The Kier molecular flexibility index (Phi) is 4.26. The second-order valence-corrected chi connectivity index (χ2v) is 10.5. The van der Waals surface area contributed by atoms with Gasteiger partial charge in [-0.25, -0.2) is 0 Å². The van der Waals surface area contributed by atoms with Crippen molar-refractivity contribution in [3.63, 3.8) is 0 Å². The van der Waals surface area contributed by atoms with E-state index < -0.39 is 0 Å². The molecule has 0 aromatic heterocycles. The van der Waals surface area contributed by atoms with Gasteiger partial charge < -0.3 is 5.32 Å². The van der Waals surface area contributed by atoms with Gasteiger partial charge in [0.25, 0.3) is 0 Å². The number of nitrogens with one attached hydrogen (secondary N) is 1. The summed E-state index contributed by atoms with van der Waals surface area (Å²) in [4.78, 5) is 26.0. The van der Waals surface area contributed by atoms with Crippen LogP contribution in [0.15, 0.2) is 51.3 Å². The number of ketones is 2. The molecule has 4 heteroatoms. The lowest BCUT2D eigenvalue weighted by Gasteiger charge is -2.44. The fourth-order valence-corrected chi connectivity index (χ4v) is 5.18. The van der Waals surface area contributed by atoms with Crippen molar-refractivity contribution >= 4 is 27.5 Å². The number of benzene rings is 1. The first kappa shape index (κ1) is 18.7. The van der Waals surface area contributed by atoms with Crippen LogP contribution in [-0.2, 0) is 9.59 Å². The zero-order chi connectivity index (χ0) is 19.6. The smallest absolute Gasteiger partial charge is 0.162 e. The second-order valence-electron chi connectivity index (χ2n) is 9.61. The molecule has 1 aromatic rings. The first-order valence-electron chi connectivity index (χ1n) is 9.61. The predicted molar refractivity (Wildman–Crippen MR) is 110 cm³/mol. The van der Waals surface area contributed by atoms with Crippen LogP contribution in [0, 0.1) is 10.8 Å². The van der Waals surface area contributed by atoms with Crippen LogP contribution in [0.4, 0.5) is 0 Å². The Bertz CT molecular complexity index is 920. The van der Waals surface area contributed by atoms with Gasteiger partial charge in [0, 0.05) is 45.6 Å². The minimum Gasteiger partial charge on any atom is -0.362 e. The van der Waals surface area contributed by atoms with Crippen LogP contribution < -0.4 is 5.32 Å². The summed E-state index contributed by atoms with van der Waals surface area (Å²) in [7, 11) is 0. The Labute approximate surface area is 169 Å². The van der Waals surface area contributed by atoms with Crippen molar-refractivity contribution in [2.24, 2.45) is 10.8 Å². The zero-order valence-electron chi connectivity index (χ0n) is 16.4. The van der Waals surface area contributed by atoms with Crippen LogP contribution >= 0.6 is 15.9 Å². The Morgan fingerprint density at radius 3 is 2.48 bits per heavy atom. The Hall–Kier alpha value is -1.68. The van der Waals surface area contributed by atoms with E-state index in [0.29, 0.717) is 19.3 Å². The summed E-state index contributed by atoms with van der Waals surface area (Å²) in [5, 5.41) is 3.61. The van der Waals surface area contributed by atoms with E-state index in [1.54, 1.807) is 0 Å². The molecule has 0 spiro atoms. The highest BCUT2D eigenvalue weighted by Crippen LogP contribution is 2.51. The number of carbonyl (C=O) groups is 2. The molecule has 1 heterocycles. The molecule has 4 rings (SSSR count). The second kappa shape index (κ2) is 6.16. The quantitative estimate of drug-likeness (QED) is 0.650. The minimum atomic E-state index is -0.361. The SMILES string of the molecule is CC1(C)CC(=O)C2=C(C1)NC1=C(CC(=O)C(C)(C)C1)C2c1cccc(Br)c1. The van der Waals surface area contributed by atoms with Crippen LogP contribution in [-0.4, -0.2) is 11.6 Å². The first-order valence-corrected chi connectivity index (χ1v) is 10.4. The molecule has 142 valence electrons. The van der Waals surface area contributed by atoms with Gasteiger partial charge in [0.05, 0.1) is 0 Å². The molecule has 1 aromatic carbocycles. The van der Waals surface area contributed by atoms with Crippen molar-refractivity contribution in [1.29, 1.82) is 0 Å². The number of dihydropyridines is 1. The van der Waals surface area contributed by atoms with Crippen molar-refractivity contribution in [1.82, 2.24) is 5.32 Å². The number of Topliss-reactive ketones (excluding diaryl/α,β-unsaturated/α-hetero) is 2. The fraction of sp³-hybridized carbons (Fsp3) is 0.478. The average molecular weight is 428 g/mol. The van der Waals surface area contributed by atoms with E-state index in [9.17, 15) is 9.59 Å². The average Bonchev–Trinajstić information content (AvgIpc) is 2.53. The van der Waals surface area contributed by atoms with Gasteiger partial charge in [-0.3, -0.25) is 9.59 Å². The van der Waals surface area contributed by atoms with Crippen molar-refractivity contribution in [3.8, 4) is 0 Å². The number of allylic oxidation sites excluding steroid dienone is 4. The van der Waals surface area contributed by atoms with E-state index in [1.807, 2.05) is 26.0 Å². The van der Waals surface area contributed by atoms with Crippen molar-refractivity contribution in [2.75, 3.05) is 0 Å². The highest BCUT2D eigenvalue weighted by molar-refractivity contribution is 9.10. The fourth-order valence-electron chi connectivity index (χ4n) is 4.77. The Morgan fingerprint density at radius 2 is 1.78 bits per heavy atom. The molecule has 0 saturated carbocycles. The molecule has 27 heavy (non-hydrogen) atoms. The van der Waals surface area contributed by atoms with E-state index in [1.165, 1.54) is 0 Å². The highest BCUT2D eigenvalue weighted by atomic mass is 79.9. The molecule has 0 bridgehead atoms. The van der Waals surface area contributed by atoms with Gasteiger partial charge in [0.2, 0.25) is 0 Å². The van der Waals surface area contributed by atoms with Gasteiger partial charge in [0.15, 0.2) is 5.78 Å². The third kappa shape index (κ3) is 3.22. The number of rotatable bonds is 1. The van der Waals surface area contributed by atoms with Crippen LogP contribution in [0.1, 0.15) is 64.9 Å². The summed E-state index contributed by atoms with van der Waals surface area (Å²) < 4.78 is 0.994. The minimum absolute atomic E-state index is 0.0389. The van der Waals surface area contributed by atoms with Crippen molar-refractivity contribution < 1.29 is 9.59 Å². The molecule has 3 nitrogen and oxygen atoms in total. The maximum absolute atomic E-state index is 13.2. The molecule has 1 atom stereocenters. The van der Waals surface area contributed by atoms with Crippen molar-refractivity contribution in [2.45, 2.75) is 59.3 Å². The molecule has 0 fully saturated rings. The van der Waals surface area contributed by atoms with Gasteiger partial charge >= 0.3 is 0 Å². The molecule has 1 unspecified atom stereocenters. The standard InChI is InChI=1S/C23H26BrNO2/c1-22(2)10-17-21(18(26)12-22)20(13-6-5-7-14(24)8-13)15-9-19(27)23(3,4)11-16(15)25-17/h5-8,20,25H,9-12H2,1-4H3. The lowest BCUT2D eigenvalue weighted by molar-refractivity contribution is -0.127. The number of hydrogen-bond donors (Lipinski definition) is 1. The molecule has 0 saturated heterocycles. The monoisotopic (exact) mass is 427 g/mol. The maximum atomic E-state index is 13.2. The molecule has 1 N–H and O–H groups in total. The number of hydrogen-bond acceptors (Lipinski definition) is 3. The van der Waals surface area contributed by atoms with Gasteiger partial charge in [-0.1, -0.05) is 55.8 Å². The molecule has 0 amide bonds. The molecular weight excluding hydrogens is 402 g/mol. The Morgan fingerprint density at radius 1 is 1.04 bits per heavy atom. The first-order chi connectivity index (χ1) is 12.6. The summed E-state index contributed by atoms with van der Waals surface area (Å²) in [5.74, 6) is 0.357. The topological polar surface area (TPSA) is 46.2 Å². The highest BCUT2D eigenvalue weighted by Gasteiger charge is 2.45. The zero-order valence-corrected chi connectivity index (χ0v) is 18.0. The van der Waals surface area contributed by atoms with E-state index >= 15 is 0 Å². The largest absolute Gasteiger partial charge is 0.362 e. The lowest BCUT2D eigenvalue weighted by Crippen LogP contribution is -2.42. The van der Waals surface area contributed by atoms with Gasteiger partial charge in [-0.2, -0.15) is 0 Å². The van der Waals surface area contributed by atoms with E-state index in [4.69, 9.17) is 0 Å².